The number of ether oxygens (including phenoxy) is 2. The first-order chi connectivity index (χ1) is 13.5. The summed E-state index contributed by atoms with van der Waals surface area (Å²) < 4.78 is 10.3. The molecular weight excluding hydrogens is 364 g/mol. The van der Waals surface area contributed by atoms with Crippen LogP contribution in [0, 0.1) is 0 Å². The number of hydrogen-bond acceptors (Lipinski definition) is 7. The molecular formula is C18H18N6O4. The van der Waals surface area contributed by atoms with Crippen molar-refractivity contribution in [2.75, 3.05) is 24.9 Å². The number of methoxy groups -OCH3 is 2. The molecule has 0 saturated heterocycles. The molecule has 1 heterocycles. The van der Waals surface area contributed by atoms with Gasteiger partial charge in [-0.1, -0.05) is 0 Å². The number of anilines is 2. The van der Waals surface area contributed by atoms with Crippen LogP contribution in [-0.4, -0.2) is 46.2 Å². The number of tetrazole rings is 1. The maximum Gasteiger partial charge on any atom is 0.297 e. The van der Waals surface area contributed by atoms with E-state index in [1.165, 1.54) is 18.8 Å². The van der Waals surface area contributed by atoms with Crippen molar-refractivity contribution in [1.82, 2.24) is 20.2 Å². The third-order valence-electron chi connectivity index (χ3n) is 3.69. The molecule has 0 radical (unpaired) electrons. The van der Waals surface area contributed by atoms with E-state index in [9.17, 15) is 9.59 Å². The predicted molar refractivity (Wildman–Crippen MR) is 101 cm³/mol. The van der Waals surface area contributed by atoms with E-state index in [0.29, 0.717) is 28.6 Å². The summed E-state index contributed by atoms with van der Waals surface area (Å²) in [6.45, 7) is 1.39. The number of carbonyl (C=O) groups excluding carboxylic acids is 2. The molecule has 0 atom stereocenters. The molecule has 0 aliphatic carbocycles. The Morgan fingerprint density at radius 3 is 2.39 bits per heavy atom. The fourth-order valence-corrected chi connectivity index (χ4v) is 2.40. The van der Waals surface area contributed by atoms with Gasteiger partial charge in [0.25, 0.3) is 11.7 Å². The molecule has 0 unspecified atom stereocenters. The highest BCUT2D eigenvalue weighted by Gasteiger charge is 2.16. The second kappa shape index (κ2) is 8.16. The average Bonchev–Trinajstić information content (AvgIpc) is 3.18. The first-order valence-electron chi connectivity index (χ1n) is 8.21. The lowest BCUT2D eigenvalue weighted by molar-refractivity contribution is -0.114. The minimum absolute atomic E-state index is 0.122. The van der Waals surface area contributed by atoms with E-state index in [4.69, 9.17) is 9.47 Å². The Hall–Kier alpha value is -3.95. The van der Waals surface area contributed by atoms with Crippen molar-refractivity contribution < 1.29 is 19.1 Å². The third-order valence-corrected chi connectivity index (χ3v) is 3.69. The van der Waals surface area contributed by atoms with E-state index < -0.39 is 5.91 Å². The van der Waals surface area contributed by atoms with Gasteiger partial charge in [0.1, 0.15) is 11.5 Å². The van der Waals surface area contributed by atoms with Crippen molar-refractivity contribution in [1.29, 1.82) is 0 Å². The molecule has 0 aliphatic heterocycles. The first-order valence-corrected chi connectivity index (χ1v) is 8.21. The Bertz CT molecular complexity index is 1000. The van der Waals surface area contributed by atoms with E-state index in [2.05, 4.69) is 26.0 Å². The van der Waals surface area contributed by atoms with Crippen molar-refractivity contribution in [2.45, 2.75) is 6.92 Å². The summed E-state index contributed by atoms with van der Waals surface area (Å²) in [5.41, 5.74) is 1.50. The lowest BCUT2D eigenvalue weighted by Gasteiger charge is -2.11. The Morgan fingerprint density at radius 2 is 1.75 bits per heavy atom. The topological polar surface area (TPSA) is 120 Å². The molecule has 0 saturated carbocycles. The number of nitrogens with one attached hydrogen (secondary N) is 2. The van der Waals surface area contributed by atoms with Gasteiger partial charge in [0.15, 0.2) is 0 Å². The standard InChI is InChI=1S/C18H18N6O4/c1-11(25)19-12-4-9-16(28-3)15(10-12)20-18(26)17-21-23-24(22-17)13-5-7-14(27-2)8-6-13/h4-10H,1-3H3,(H,19,25)(H,20,26). The fraction of sp³-hybridized carbons (Fsp3) is 0.167. The SMILES string of the molecule is COc1ccc(-n2nnc(C(=O)Nc3cc(NC(C)=O)ccc3OC)n2)cc1. The summed E-state index contributed by atoms with van der Waals surface area (Å²) in [7, 11) is 3.04. The van der Waals surface area contributed by atoms with Gasteiger partial charge < -0.3 is 20.1 Å². The zero-order valence-corrected chi connectivity index (χ0v) is 15.5. The Labute approximate surface area is 160 Å². The smallest absolute Gasteiger partial charge is 0.297 e. The minimum Gasteiger partial charge on any atom is -0.497 e. The van der Waals surface area contributed by atoms with Crippen molar-refractivity contribution in [2.24, 2.45) is 0 Å². The van der Waals surface area contributed by atoms with Crippen LogP contribution in [0.4, 0.5) is 11.4 Å². The highest BCUT2D eigenvalue weighted by Crippen LogP contribution is 2.28. The Kier molecular flexibility index (Phi) is 5.49. The zero-order chi connectivity index (χ0) is 20.1. The Morgan fingerprint density at radius 1 is 1.00 bits per heavy atom. The van der Waals surface area contributed by atoms with E-state index in [1.807, 2.05) is 0 Å². The lowest BCUT2D eigenvalue weighted by Crippen LogP contribution is -2.15. The normalized spacial score (nSPS) is 10.2. The number of nitrogens with zero attached hydrogens (tertiary/aromatic N) is 4. The molecule has 2 amide bonds. The van der Waals surface area contributed by atoms with E-state index >= 15 is 0 Å². The Balaban J connectivity index is 1.79. The monoisotopic (exact) mass is 382 g/mol. The van der Waals surface area contributed by atoms with Crippen LogP contribution in [-0.2, 0) is 4.79 Å². The van der Waals surface area contributed by atoms with Gasteiger partial charge in [0.05, 0.1) is 25.6 Å². The molecule has 0 spiro atoms. The van der Waals surface area contributed by atoms with Crippen molar-refractivity contribution >= 4 is 23.2 Å². The van der Waals surface area contributed by atoms with Gasteiger partial charge in [-0.2, -0.15) is 0 Å². The molecule has 2 aromatic carbocycles. The third kappa shape index (κ3) is 4.23. The summed E-state index contributed by atoms with van der Waals surface area (Å²) in [5, 5.41) is 17.1. The van der Waals surface area contributed by atoms with E-state index in [0.717, 1.165) is 0 Å². The summed E-state index contributed by atoms with van der Waals surface area (Å²) in [6.07, 6.45) is 0. The maximum atomic E-state index is 12.5. The van der Waals surface area contributed by atoms with Crippen LogP contribution in [0.5, 0.6) is 11.5 Å². The molecule has 3 rings (SSSR count). The van der Waals surface area contributed by atoms with Gasteiger partial charge in [0.2, 0.25) is 5.91 Å². The number of rotatable bonds is 6. The second-order valence-corrected chi connectivity index (χ2v) is 5.65. The van der Waals surface area contributed by atoms with Crippen LogP contribution in [0.1, 0.15) is 17.5 Å². The zero-order valence-electron chi connectivity index (χ0n) is 15.5. The molecule has 2 N–H and O–H groups in total. The van der Waals surface area contributed by atoms with Crippen LogP contribution in [0.15, 0.2) is 42.5 Å². The number of amides is 2. The van der Waals surface area contributed by atoms with Gasteiger partial charge >= 0.3 is 0 Å². The largest absolute Gasteiger partial charge is 0.497 e. The molecule has 10 heteroatoms. The van der Waals surface area contributed by atoms with Gasteiger partial charge in [-0.15, -0.1) is 15.0 Å². The van der Waals surface area contributed by atoms with Gasteiger partial charge in [-0.25, -0.2) is 0 Å². The van der Waals surface area contributed by atoms with Crippen LogP contribution >= 0.6 is 0 Å². The van der Waals surface area contributed by atoms with Gasteiger partial charge in [-0.3, -0.25) is 9.59 Å². The fourth-order valence-electron chi connectivity index (χ4n) is 2.40. The maximum absolute atomic E-state index is 12.5. The summed E-state index contributed by atoms with van der Waals surface area (Å²) >= 11 is 0. The summed E-state index contributed by atoms with van der Waals surface area (Å²) in [6, 6.07) is 11.8. The molecule has 10 nitrogen and oxygen atoms in total. The highest BCUT2D eigenvalue weighted by atomic mass is 16.5. The number of hydrogen-bond donors (Lipinski definition) is 2. The van der Waals surface area contributed by atoms with E-state index in [-0.39, 0.29) is 11.7 Å². The summed E-state index contributed by atoms with van der Waals surface area (Å²) in [5.74, 6) is 0.186. The number of benzene rings is 2. The van der Waals surface area contributed by atoms with E-state index in [1.54, 1.807) is 49.6 Å². The lowest BCUT2D eigenvalue weighted by atomic mass is 10.2. The van der Waals surface area contributed by atoms with Crippen molar-refractivity contribution in [3.63, 3.8) is 0 Å². The first kappa shape index (κ1) is 18.8. The molecule has 1 aromatic heterocycles. The van der Waals surface area contributed by atoms with Crippen LogP contribution < -0.4 is 20.1 Å². The van der Waals surface area contributed by atoms with Gasteiger partial charge in [0, 0.05) is 12.6 Å². The van der Waals surface area contributed by atoms with Crippen LogP contribution in [0.3, 0.4) is 0 Å². The molecule has 0 fully saturated rings. The minimum atomic E-state index is -0.571. The average molecular weight is 382 g/mol. The number of aromatic nitrogens is 4. The molecule has 3 aromatic rings. The van der Waals surface area contributed by atoms with Gasteiger partial charge in [-0.05, 0) is 47.7 Å². The van der Waals surface area contributed by atoms with Crippen molar-refractivity contribution in [3.8, 4) is 17.2 Å². The quantitative estimate of drug-likeness (QED) is 0.668. The second-order valence-electron chi connectivity index (χ2n) is 5.65. The molecule has 28 heavy (non-hydrogen) atoms. The summed E-state index contributed by atoms with van der Waals surface area (Å²) in [4.78, 5) is 25.0. The number of carbonyl (C=O) groups is 2. The highest BCUT2D eigenvalue weighted by molar-refractivity contribution is 6.03. The van der Waals surface area contributed by atoms with Crippen LogP contribution in [0.2, 0.25) is 0 Å². The molecule has 0 bridgehead atoms. The van der Waals surface area contributed by atoms with Crippen molar-refractivity contribution in [3.05, 3.63) is 48.3 Å². The molecule has 0 aliphatic rings. The molecule has 144 valence electrons. The predicted octanol–water partition coefficient (Wildman–Crippen LogP) is 1.89. The van der Waals surface area contributed by atoms with Crippen LogP contribution in [0.25, 0.3) is 5.69 Å².